The highest BCUT2D eigenvalue weighted by Crippen LogP contribution is 2.27. The summed E-state index contributed by atoms with van der Waals surface area (Å²) in [6, 6.07) is 7.81. The van der Waals surface area contributed by atoms with Gasteiger partial charge in [-0.3, -0.25) is 14.5 Å². The number of carbonyl (C=O) groups is 2. The molecular formula is C20H29N3O3S. The molecule has 0 atom stereocenters. The minimum absolute atomic E-state index is 0.0685. The lowest BCUT2D eigenvalue weighted by molar-refractivity contribution is -0.134. The van der Waals surface area contributed by atoms with Crippen LogP contribution in [-0.4, -0.2) is 90.8 Å². The van der Waals surface area contributed by atoms with E-state index in [0.717, 1.165) is 23.5 Å². The first kappa shape index (κ1) is 20.2. The number of piperazine rings is 1. The molecule has 7 heteroatoms. The fourth-order valence-electron chi connectivity index (χ4n) is 3.38. The van der Waals surface area contributed by atoms with Crippen molar-refractivity contribution in [2.75, 3.05) is 59.0 Å². The zero-order chi connectivity index (χ0) is 19.2. The van der Waals surface area contributed by atoms with Crippen LogP contribution in [-0.2, 0) is 9.53 Å². The highest BCUT2D eigenvalue weighted by molar-refractivity contribution is 8.00. The van der Waals surface area contributed by atoms with E-state index in [-0.39, 0.29) is 11.8 Å². The molecule has 1 aromatic carbocycles. The lowest BCUT2D eigenvalue weighted by Gasteiger charge is -2.36. The molecule has 148 valence electrons. The van der Waals surface area contributed by atoms with Crippen LogP contribution in [0.15, 0.2) is 29.2 Å². The van der Waals surface area contributed by atoms with Gasteiger partial charge in [0.05, 0.1) is 25.3 Å². The van der Waals surface area contributed by atoms with E-state index in [0.29, 0.717) is 51.2 Å². The number of nitrogens with zero attached hydrogens (tertiary/aromatic N) is 3. The van der Waals surface area contributed by atoms with Crippen LogP contribution in [0.2, 0.25) is 0 Å². The van der Waals surface area contributed by atoms with Crippen molar-refractivity contribution >= 4 is 23.6 Å². The highest BCUT2D eigenvalue weighted by atomic mass is 32.2. The Balaban J connectivity index is 1.54. The van der Waals surface area contributed by atoms with Crippen molar-refractivity contribution in [1.82, 2.24) is 14.7 Å². The predicted molar refractivity (Wildman–Crippen MR) is 107 cm³/mol. The van der Waals surface area contributed by atoms with Gasteiger partial charge in [0.2, 0.25) is 5.91 Å². The van der Waals surface area contributed by atoms with Gasteiger partial charge in [0.25, 0.3) is 5.91 Å². The van der Waals surface area contributed by atoms with E-state index in [4.69, 9.17) is 4.74 Å². The summed E-state index contributed by atoms with van der Waals surface area (Å²) < 4.78 is 5.33. The van der Waals surface area contributed by atoms with Gasteiger partial charge in [-0.2, -0.15) is 0 Å². The third kappa shape index (κ3) is 5.46. The molecule has 2 fully saturated rings. The first-order valence-corrected chi connectivity index (χ1v) is 10.6. The molecule has 2 saturated heterocycles. The second-order valence-electron chi connectivity index (χ2n) is 7.22. The quantitative estimate of drug-likeness (QED) is 0.717. The van der Waals surface area contributed by atoms with Crippen LogP contribution >= 0.6 is 11.8 Å². The molecule has 0 saturated carbocycles. The van der Waals surface area contributed by atoms with Gasteiger partial charge in [0, 0.05) is 49.4 Å². The minimum Gasteiger partial charge on any atom is -0.379 e. The third-order valence-corrected chi connectivity index (χ3v) is 5.94. The molecule has 0 N–H and O–H groups in total. The van der Waals surface area contributed by atoms with Gasteiger partial charge in [-0.05, 0) is 12.1 Å². The molecule has 2 heterocycles. The van der Waals surface area contributed by atoms with Gasteiger partial charge in [-0.1, -0.05) is 26.0 Å². The topological polar surface area (TPSA) is 53.1 Å². The fraction of sp³-hybridized carbons (Fsp3) is 0.600. The maximum atomic E-state index is 13.0. The molecule has 2 aliphatic heterocycles. The summed E-state index contributed by atoms with van der Waals surface area (Å²) in [5.41, 5.74) is 0.768. The van der Waals surface area contributed by atoms with Gasteiger partial charge in [0.1, 0.15) is 0 Å². The zero-order valence-corrected chi connectivity index (χ0v) is 17.0. The molecule has 0 radical (unpaired) electrons. The molecule has 27 heavy (non-hydrogen) atoms. The van der Waals surface area contributed by atoms with Gasteiger partial charge in [-0.15, -0.1) is 11.8 Å². The minimum atomic E-state index is 0.0685. The van der Waals surface area contributed by atoms with Gasteiger partial charge in [0.15, 0.2) is 0 Å². The van der Waals surface area contributed by atoms with Gasteiger partial charge in [-0.25, -0.2) is 0 Å². The Kier molecular flexibility index (Phi) is 7.15. The number of amides is 2. The summed E-state index contributed by atoms with van der Waals surface area (Å²) >= 11 is 1.71. The maximum Gasteiger partial charge on any atom is 0.255 e. The Morgan fingerprint density at radius 1 is 1.00 bits per heavy atom. The van der Waals surface area contributed by atoms with Crippen LogP contribution in [0.1, 0.15) is 24.2 Å². The Hall–Kier alpha value is -1.57. The first-order valence-electron chi connectivity index (χ1n) is 9.67. The van der Waals surface area contributed by atoms with Crippen molar-refractivity contribution in [3.63, 3.8) is 0 Å². The Morgan fingerprint density at radius 2 is 1.63 bits per heavy atom. The number of hydrogen-bond donors (Lipinski definition) is 0. The van der Waals surface area contributed by atoms with E-state index in [1.807, 2.05) is 34.1 Å². The third-order valence-electron chi connectivity index (χ3n) is 4.86. The molecule has 2 amide bonds. The number of carbonyl (C=O) groups excluding carboxylic acids is 2. The van der Waals surface area contributed by atoms with E-state index in [9.17, 15) is 9.59 Å². The Labute approximate surface area is 165 Å². The maximum absolute atomic E-state index is 13.0. The van der Waals surface area contributed by atoms with E-state index in [1.165, 1.54) is 0 Å². The van der Waals surface area contributed by atoms with Crippen LogP contribution in [0.5, 0.6) is 0 Å². The van der Waals surface area contributed by atoms with Gasteiger partial charge >= 0.3 is 0 Å². The number of rotatable bonds is 5. The average Bonchev–Trinajstić information content (AvgIpc) is 2.68. The van der Waals surface area contributed by atoms with E-state index in [2.05, 4.69) is 18.7 Å². The van der Waals surface area contributed by atoms with Crippen LogP contribution in [0.4, 0.5) is 0 Å². The van der Waals surface area contributed by atoms with Crippen LogP contribution < -0.4 is 0 Å². The highest BCUT2D eigenvalue weighted by Gasteiger charge is 2.27. The molecule has 0 unspecified atom stereocenters. The summed E-state index contributed by atoms with van der Waals surface area (Å²) in [4.78, 5) is 32.4. The molecule has 2 aliphatic rings. The van der Waals surface area contributed by atoms with Crippen LogP contribution in [0, 0.1) is 0 Å². The summed E-state index contributed by atoms with van der Waals surface area (Å²) in [5.74, 6) is 0.221. The van der Waals surface area contributed by atoms with Gasteiger partial charge < -0.3 is 14.5 Å². The molecule has 3 rings (SSSR count). The molecular weight excluding hydrogens is 362 g/mol. The fourth-order valence-corrected chi connectivity index (χ4v) is 4.33. The SMILES string of the molecule is CC(C)Sc1ccccc1C(=O)N1CCN(C(=O)CN2CCOCC2)CC1. The first-order chi connectivity index (χ1) is 13.0. The summed E-state index contributed by atoms with van der Waals surface area (Å²) in [7, 11) is 0. The summed E-state index contributed by atoms with van der Waals surface area (Å²) in [5, 5.41) is 0.425. The number of morpholine rings is 1. The van der Waals surface area contributed by atoms with Crippen LogP contribution in [0.25, 0.3) is 0 Å². The predicted octanol–water partition coefficient (Wildman–Crippen LogP) is 1.80. The van der Waals surface area contributed by atoms with E-state index >= 15 is 0 Å². The zero-order valence-electron chi connectivity index (χ0n) is 16.2. The van der Waals surface area contributed by atoms with Crippen molar-refractivity contribution in [3.8, 4) is 0 Å². The summed E-state index contributed by atoms with van der Waals surface area (Å²) in [6.45, 7) is 10.1. The monoisotopic (exact) mass is 391 g/mol. The smallest absolute Gasteiger partial charge is 0.255 e. The second kappa shape index (κ2) is 9.57. The van der Waals surface area contributed by atoms with Crippen LogP contribution in [0.3, 0.4) is 0 Å². The van der Waals surface area contributed by atoms with Crippen molar-refractivity contribution in [1.29, 1.82) is 0 Å². The summed E-state index contributed by atoms with van der Waals surface area (Å²) in [6.07, 6.45) is 0. The van der Waals surface area contributed by atoms with E-state index in [1.54, 1.807) is 11.8 Å². The van der Waals surface area contributed by atoms with Crippen molar-refractivity contribution in [2.24, 2.45) is 0 Å². The molecule has 0 bridgehead atoms. The lowest BCUT2D eigenvalue weighted by atomic mass is 10.1. The number of ether oxygens (including phenoxy) is 1. The molecule has 0 spiro atoms. The number of hydrogen-bond acceptors (Lipinski definition) is 5. The van der Waals surface area contributed by atoms with Crippen molar-refractivity contribution in [2.45, 2.75) is 24.0 Å². The Bertz CT molecular complexity index is 654. The lowest BCUT2D eigenvalue weighted by Crippen LogP contribution is -2.53. The second-order valence-corrected chi connectivity index (χ2v) is 8.84. The number of thioether (sulfide) groups is 1. The standard InChI is InChI=1S/C20H29N3O3S/c1-16(2)27-18-6-4-3-5-17(18)20(25)23-9-7-22(8-10-23)19(24)15-21-11-13-26-14-12-21/h3-6,16H,7-15H2,1-2H3. The number of benzene rings is 1. The Morgan fingerprint density at radius 3 is 2.30 bits per heavy atom. The average molecular weight is 392 g/mol. The molecule has 0 aromatic heterocycles. The van der Waals surface area contributed by atoms with Crippen molar-refractivity contribution < 1.29 is 14.3 Å². The molecule has 1 aromatic rings. The van der Waals surface area contributed by atoms with E-state index < -0.39 is 0 Å². The molecule has 0 aliphatic carbocycles. The molecule has 6 nitrogen and oxygen atoms in total. The largest absolute Gasteiger partial charge is 0.379 e. The normalized spacial score (nSPS) is 18.8. The van der Waals surface area contributed by atoms with Crippen molar-refractivity contribution in [3.05, 3.63) is 29.8 Å².